The quantitative estimate of drug-likeness (QED) is 0.0911. The van der Waals surface area contributed by atoms with Gasteiger partial charge in [0.05, 0.1) is 35.7 Å². The van der Waals surface area contributed by atoms with E-state index in [1.165, 1.54) is 76.9 Å². The molecular weight excluding hydrogens is 1150 g/mol. The summed E-state index contributed by atoms with van der Waals surface area (Å²) in [7, 11) is 4.11. The van der Waals surface area contributed by atoms with Gasteiger partial charge in [0.1, 0.15) is 12.4 Å². The van der Waals surface area contributed by atoms with E-state index in [1.54, 1.807) is 57.6 Å². The van der Waals surface area contributed by atoms with Crippen molar-refractivity contribution >= 4 is 139 Å². The number of halogens is 7. The summed E-state index contributed by atoms with van der Waals surface area (Å²) in [6.07, 6.45) is 11.9. The van der Waals surface area contributed by atoms with Gasteiger partial charge in [-0.05, 0) is 97.6 Å². The van der Waals surface area contributed by atoms with Crippen LogP contribution < -0.4 is 40.2 Å². The number of carbonyl (C=O) groups excluding carboxylic acids is 1. The first-order valence-electron chi connectivity index (χ1n) is 16.3. The summed E-state index contributed by atoms with van der Waals surface area (Å²) in [5.74, 6) is -2.11. The molecule has 2 aliphatic rings. The summed E-state index contributed by atoms with van der Waals surface area (Å²) in [6, 6.07) is 1.41. The largest absolute Gasteiger partial charge is 1.00 e. The number of aromatic nitrogens is 3. The second-order valence-corrected chi connectivity index (χ2v) is 16.9. The molecule has 5 N–H and O–H groups in total. The number of hydrogen-bond donors (Lipinski definition) is 4. The van der Waals surface area contributed by atoms with Crippen molar-refractivity contribution in [3.8, 4) is 5.69 Å². The van der Waals surface area contributed by atoms with Crippen molar-refractivity contribution in [1.82, 2.24) is 25.6 Å². The summed E-state index contributed by atoms with van der Waals surface area (Å²) >= 11 is 18.8. The van der Waals surface area contributed by atoms with Gasteiger partial charge in [0.2, 0.25) is 0 Å². The van der Waals surface area contributed by atoms with Gasteiger partial charge in [0.15, 0.2) is 0 Å². The van der Waals surface area contributed by atoms with Crippen molar-refractivity contribution in [1.29, 1.82) is 0 Å². The van der Waals surface area contributed by atoms with Gasteiger partial charge < -0.3 is 31.1 Å². The summed E-state index contributed by atoms with van der Waals surface area (Å²) in [4.78, 5) is 40.8. The molecule has 1 aliphatic heterocycles. The second-order valence-electron chi connectivity index (χ2n) is 10.5. The van der Waals surface area contributed by atoms with Gasteiger partial charge in [-0.15, -0.1) is 16.1 Å². The third kappa shape index (κ3) is 24.2. The van der Waals surface area contributed by atoms with Crippen LogP contribution in [0, 0.1) is 0 Å². The first-order valence-corrected chi connectivity index (χ1v) is 23.2. The van der Waals surface area contributed by atoms with Crippen molar-refractivity contribution in [3.63, 3.8) is 0 Å². The molecule has 1 saturated carbocycles. The van der Waals surface area contributed by atoms with E-state index in [0.29, 0.717) is 46.6 Å². The minimum Gasteiger partial charge on any atom is -0.870 e. The third-order valence-corrected chi connectivity index (χ3v) is 14.3. The minimum atomic E-state index is -0.964. The van der Waals surface area contributed by atoms with Crippen molar-refractivity contribution in [2.24, 2.45) is 9.98 Å². The van der Waals surface area contributed by atoms with E-state index >= 15 is 0 Å². The summed E-state index contributed by atoms with van der Waals surface area (Å²) in [5.41, 5.74) is 1.67. The fourth-order valence-corrected chi connectivity index (χ4v) is 9.72. The number of nitrogens with zero attached hydrogens (tertiary/aromatic N) is 5. The molecule has 2 atom stereocenters. The molecule has 0 saturated heterocycles. The van der Waals surface area contributed by atoms with Crippen LogP contribution in [0.2, 0.25) is 0 Å². The molecule has 60 heavy (non-hydrogen) atoms. The Hall–Kier alpha value is -1.72. The Morgan fingerprint density at radius 3 is 1.45 bits per heavy atom. The molecule has 7 rings (SSSR count). The van der Waals surface area contributed by atoms with Gasteiger partial charge in [-0.1, -0.05) is 12.8 Å². The molecule has 5 aromatic heterocycles. The van der Waals surface area contributed by atoms with E-state index < -0.39 is 11.9 Å². The van der Waals surface area contributed by atoms with Gasteiger partial charge in [-0.25, -0.2) is 14.4 Å². The van der Waals surface area contributed by atoms with Crippen molar-refractivity contribution in [2.45, 2.75) is 44.7 Å². The van der Waals surface area contributed by atoms with Crippen LogP contribution in [0.4, 0.5) is 13.9 Å². The Morgan fingerprint density at radius 1 is 0.733 bits per heavy atom. The monoisotopic (exact) mass is 1180 g/mol. The predicted octanol–water partition coefficient (Wildman–Crippen LogP) is 7.85. The van der Waals surface area contributed by atoms with Crippen LogP contribution in [0.15, 0.2) is 83.3 Å². The topological polar surface area (TPSA) is 210 Å². The zero-order chi connectivity index (χ0) is 42.6. The van der Waals surface area contributed by atoms with E-state index in [9.17, 15) is 14.4 Å². The van der Waals surface area contributed by atoms with E-state index in [4.69, 9.17) is 24.1 Å². The number of aromatic carboxylic acids is 2. The third-order valence-electron chi connectivity index (χ3n) is 6.98. The molecule has 0 spiro atoms. The maximum atomic E-state index is 11.1. The first kappa shape index (κ1) is 62.6. The molecule has 5 aromatic rings. The van der Waals surface area contributed by atoms with E-state index in [1.807, 2.05) is 16.1 Å². The summed E-state index contributed by atoms with van der Waals surface area (Å²) in [6.45, 7) is 2.85. The van der Waals surface area contributed by atoms with E-state index in [-0.39, 0.29) is 51.3 Å². The average Bonchev–Trinajstić information content (AvgIpc) is 4.07. The van der Waals surface area contributed by atoms with Crippen LogP contribution in [-0.4, -0.2) is 100 Å². The van der Waals surface area contributed by atoms with E-state index in [2.05, 4.69) is 109 Å². The van der Waals surface area contributed by atoms with Crippen LogP contribution in [-0.2, 0) is 4.74 Å². The predicted molar refractivity (Wildman–Crippen MR) is 246 cm³/mol. The molecule has 6 heterocycles. The summed E-state index contributed by atoms with van der Waals surface area (Å²) in [5, 5.41) is 45.9. The Kier molecular flexibility index (Phi) is 39.4. The number of carboxylic acids is 2. The zero-order valence-corrected chi connectivity index (χ0v) is 44.0. The number of carboxylic acid groups (broad SMARTS) is 2. The number of aliphatic imine (C=N–C) groups is 2. The normalized spacial score (nSPS) is 13.8. The van der Waals surface area contributed by atoms with Crippen LogP contribution in [0.25, 0.3) is 5.69 Å². The molecule has 14 nitrogen and oxygen atoms in total. The summed E-state index contributed by atoms with van der Waals surface area (Å²) < 4.78 is 24.5. The maximum Gasteiger partial charge on any atom is 1.00 e. The number of thiophene rings is 4. The number of carbonyl (C=O) groups is 3. The molecule has 0 radical (unpaired) electrons. The number of likely N-dealkylation sites (N-methyl/N-ethyl adjacent to an activating group) is 2. The Morgan fingerprint density at radius 2 is 1.13 bits per heavy atom. The SMILES string of the molecule is Brc1cscc1Br.C1=NCN=C1.CCOC(=O)c1cscc1Br.CN[C@@H]1CCCC[C@H]1NC.F.FF.O=C(O)c1cscc1-n1nccn1.O=C(O)c1cscc1Br.[Na+].[OH-]. The fourth-order valence-electron chi connectivity index (χ4n) is 4.34. The maximum absolute atomic E-state index is 11.1. The van der Waals surface area contributed by atoms with Crippen LogP contribution >= 0.6 is 109 Å². The average molecular weight is 1190 g/mol. The van der Waals surface area contributed by atoms with Gasteiger partial charge in [-0.2, -0.15) is 44.2 Å². The van der Waals surface area contributed by atoms with Crippen molar-refractivity contribution in [3.05, 3.63) is 90.0 Å². The minimum absolute atomic E-state index is 0. The Balaban J connectivity index is -0.000000649. The fraction of sp³-hybridized carbons (Fsp3) is 0.324. The number of nitrogens with one attached hydrogen (secondary N) is 2. The van der Waals surface area contributed by atoms with Crippen molar-refractivity contribution in [2.75, 3.05) is 27.4 Å². The molecule has 0 amide bonds. The first-order chi connectivity index (χ1) is 27.4. The molecule has 26 heteroatoms. The molecule has 1 aliphatic carbocycles. The van der Waals surface area contributed by atoms with Gasteiger partial charge in [0.25, 0.3) is 0 Å². The van der Waals surface area contributed by atoms with Crippen LogP contribution in [0.1, 0.15) is 63.7 Å². The second kappa shape index (κ2) is 37.8. The van der Waals surface area contributed by atoms with Crippen LogP contribution in [0.3, 0.4) is 0 Å². The Bertz CT molecular complexity index is 1900. The van der Waals surface area contributed by atoms with Crippen LogP contribution in [0.5, 0.6) is 0 Å². The standard InChI is InChI=1S/C8H18N2.C7H7BrO2S.C7H5N3O2S.C5H3BrO2S.C4H2Br2S.C3H4N2.F2.FH.Na.H2O/c1-9-7-5-3-4-6-8(7)10-2;1-2-10-7(9)5-3-11-4-6(5)8;11-7(12)5-3-13-4-6(5)10-8-1-2-9-10;6-4-2-9-1-3(4)5(7)8;5-3-1-7-2-4(3)6;1-2-5-3-4-1;1-2;;;/h7-10H,3-6H2,1-2H3;3-4H,2H2,1H3;1-4H,(H,11,12);1-2H,(H,7,8);1-2H;1-2H,3H2;;1H;;1H2/q;;;;;;;;+1;/p-1/t7-,8-;;;;;;;;;/m1........./s1. The zero-order valence-electron chi connectivity index (χ0n) is 32.3. The number of esters is 1. The molecule has 0 unspecified atom stereocenters. The van der Waals surface area contributed by atoms with Gasteiger partial charge >= 0.3 is 47.5 Å². The van der Waals surface area contributed by atoms with Gasteiger partial charge in [0, 0.05) is 94.6 Å². The van der Waals surface area contributed by atoms with E-state index in [0.717, 1.165) is 13.4 Å². The smallest absolute Gasteiger partial charge is 0.870 e. The van der Waals surface area contributed by atoms with Crippen molar-refractivity contribution < 1.29 is 78.2 Å². The molecule has 1 fully saturated rings. The van der Waals surface area contributed by atoms with Gasteiger partial charge in [-0.3, -0.25) is 14.7 Å². The molecular formula is C34H41Br4F3N7NaO7S4. The number of hydrogen-bond acceptors (Lipinski definition) is 15. The number of rotatable bonds is 7. The molecule has 328 valence electrons. The Labute approximate surface area is 416 Å². The number of ether oxygens (including phenoxy) is 1. The molecule has 0 aromatic carbocycles. The molecule has 0 bridgehead atoms.